The Kier molecular flexibility index (Phi) is 6.77. The molecule has 2 heterocycles. The van der Waals surface area contributed by atoms with Crippen molar-refractivity contribution in [2.75, 3.05) is 5.43 Å². The van der Waals surface area contributed by atoms with Crippen LogP contribution >= 0.6 is 47.0 Å². The van der Waals surface area contributed by atoms with E-state index in [0.717, 1.165) is 16.7 Å². The van der Waals surface area contributed by atoms with Crippen LogP contribution in [0, 0.1) is 4.77 Å². The summed E-state index contributed by atoms with van der Waals surface area (Å²) >= 11 is 23.7. The van der Waals surface area contributed by atoms with Gasteiger partial charge in [-0.1, -0.05) is 40.9 Å². The minimum Gasteiger partial charge on any atom is -0.489 e. The van der Waals surface area contributed by atoms with Crippen molar-refractivity contribution in [2.45, 2.75) is 13.2 Å². The van der Waals surface area contributed by atoms with Crippen molar-refractivity contribution in [3.63, 3.8) is 0 Å². The Bertz CT molecular complexity index is 1260. The number of aromatic amines is 1. The maximum Gasteiger partial charge on any atom is 0.214 e. The molecule has 2 aromatic carbocycles. The highest BCUT2D eigenvalue weighted by atomic mass is 35.5. The molecule has 0 fully saturated rings. The first-order valence-corrected chi connectivity index (χ1v) is 10.7. The average molecular weight is 493 g/mol. The van der Waals surface area contributed by atoms with E-state index in [-0.39, 0.29) is 0 Å². The van der Waals surface area contributed by atoms with Crippen molar-refractivity contribution in [1.29, 1.82) is 0 Å². The van der Waals surface area contributed by atoms with Gasteiger partial charge in [-0.05, 0) is 60.2 Å². The third-order valence-electron chi connectivity index (χ3n) is 4.44. The van der Waals surface area contributed by atoms with Crippen LogP contribution in [-0.4, -0.2) is 19.9 Å². The average Bonchev–Trinajstić information content (AvgIpc) is 3.15. The van der Waals surface area contributed by atoms with E-state index in [0.29, 0.717) is 44.6 Å². The Labute approximate surface area is 198 Å². The summed E-state index contributed by atoms with van der Waals surface area (Å²) in [5, 5.41) is 8.70. The van der Waals surface area contributed by atoms with Crippen LogP contribution in [0.5, 0.6) is 5.75 Å². The van der Waals surface area contributed by atoms with E-state index in [1.54, 1.807) is 35.3 Å². The molecule has 0 saturated carbocycles. The summed E-state index contributed by atoms with van der Waals surface area (Å²) < 4.78 is 8.16. The van der Waals surface area contributed by atoms with Gasteiger partial charge >= 0.3 is 0 Å². The highest BCUT2D eigenvalue weighted by Crippen LogP contribution is 2.27. The van der Waals surface area contributed by atoms with Gasteiger partial charge < -0.3 is 10.2 Å². The fourth-order valence-corrected chi connectivity index (χ4v) is 3.63. The highest BCUT2D eigenvalue weighted by molar-refractivity contribution is 7.71. The smallest absolute Gasteiger partial charge is 0.214 e. The van der Waals surface area contributed by atoms with E-state index < -0.39 is 0 Å². The van der Waals surface area contributed by atoms with Crippen molar-refractivity contribution < 1.29 is 4.74 Å². The van der Waals surface area contributed by atoms with Crippen LogP contribution in [0.2, 0.25) is 15.1 Å². The van der Waals surface area contributed by atoms with Crippen LogP contribution in [0.15, 0.2) is 60.9 Å². The molecule has 0 saturated heterocycles. The molecule has 0 spiro atoms. The maximum absolute atomic E-state index is 6.22. The van der Waals surface area contributed by atoms with E-state index in [1.165, 1.54) is 0 Å². The summed E-state index contributed by atoms with van der Waals surface area (Å²) in [6.07, 6.45) is 3.40. The van der Waals surface area contributed by atoms with Crippen molar-refractivity contribution >= 4 is 47.0 Å². The topological polar surface area (TPSA) is 67.8 Å². The highest BCUT2D eigenvalue weighted by Gasteiger charge is 2.11. The third-order valence-corrected chi connectivity index (χ3v) is 5.69. The second kappa shape index (κ2) is 9.70. The molecule has 2 N–H and O–H groups in total. The fourth-order valence-electron chi connectivity index (χ4n) is 2.92. The van der Waals surface area contributed by atoms with Crippen LogP contribution < -0.4 is 10.2 Å². The van der Waals surface area contributed by atoms with Gasteiger partial charge in [-0.2, -0.15) is 5.10 Å². The summed E-state index contributed by atoms with van der Waals surface area (Å²) in [4.78, 5) is 4.04. The van der Waals surface area contributed by atoms with Crippen LogP contribution in [0.1, 0.15) is 11.1 Å². The second-order valence-corrected chi connectivity index (χ2v) is 8.19. The largest absolute Gasteiger partial charge is 0.489 e. The lowest BCUT2D eigenvalue weighted by Gasteiger charge is -2.15. The normalized spacial score (nSPS) is 10.8. The number of hydrogen-bond acceptors (Lipinski definition) is 5. The number of nitrogens with one attached hydrogen (secondary N) is 2. The number of pyridine rings is 1. The van der Waals surface area contributed by atoms with E-state index in [2.05, 4.69) is 20.6 Å². The summed E-state index contributed by atoms with van der Waals surface area (Å²) in [5.41, 5.74) is 5.91. The van der Waals surface area contributed by atoms with Crippen LogP contribution in [-0.2, 0) is 13.2 Å². The van der Waals surface area contributed by atoms with Gasteiger partial charge in [0, 0.05) is 28.5 Å². The lowest BCUT2D eigenvalue weighted by atomic mass is 10.2. The van der Waals surface area contributed by atoms with Crippen molar-refractivity contribution in [3.05, 3.63) is 91.9 Å². The Balaban J connectivity index is 1.53. The number of halogens is 3. The number of aromatic nitrogens is 4. The molecule has 0 unspecified atom stereocenters. The molecule has 0 radical (unpaired) electrons. The molecule has 0 atom stereocenters. The first-order valence-electron chi connectivity index (χ1n) is 9.18. The molecule has 31 heavy (non-hydrogen) atoms. The quantitative estimate of drug-likeness (QED) is 0.297. The van der Waals surface area contributed by atoms with Crippen molar-refractivity contribution in [1.82, 2.24) is 19.9 Å². The molecule has 0 amide bonds. The molecule has 0 aliphatic heterocycles. The fraction of sp³-hybridized carbons (Fsp3) is 0.0952. The van der Waals surface area contributed by atoms with Gasteiger partial charge in [0.2, 0.25) is 4.77 Å². The zero-order valence-corrected chi connectivity index (χ0v) is 19.1. The Morgan fingerprint density at radius 3 is 2.58 bits per heavy atom. The number of nitrogens with zero attached hydrogens (tertiary/aromatic N) is 3. The molecule has 2 aromatic heterocycles. The standard InChI is InChI=1S/C21H16Cl3N5OS/c22-16-2-4-19(30-12-13-1-3-17(23)18(24)9-13)15(10-16)11-26-29-20(27-28-21(29)31)14-5-7-25-8-6-14/h1-10,26H,11-12H2,(H,28,31). The molecular formula is C21H16Cl3N5OS. The monoisotopic (exact) mass is 491 g/mol. The Morgan fingerprint density at radius 2 is 1.81 bits per heavy atom. The molecule has 158 valence electrons. The van der Waals surface area contributed by atoms with Gasteiger partial charge in [0.1, 0.15) is 12.4 Å². The third kappa shape index (κ3) is 5.19. The van der Waals surface area contributed by atoms with Crippen molar-refractivity contribution in [3.8, 4) is 17.1 Å². The number of benzene rings is 2. The zero-order valence-electron chi connectivity index (χ0n) is 16.0. The van der Waals surface area contributed by atoms with Gasteiger partial charge in [0.25, 0.3) is 0 Å². The first kappa shape index (κ1) is 21.6. The van der Waals surface area contributed by atoms with E-state index in [9.17, 15) is 0 Å². The van der Waals surface area contributed by atoms with Gasteiger partial charge in [0.15, 0.2) is 5.82 Å². The number of hydrogen-bond donors (Lipinski definition) is 2. The molecule has 10 heteroatoms. The van der Waals surface area contributed by atoms with Gasteiger partial charge in [-0.25, -0.2) is 9.77 Å². The number of ether oxygens (including phenoxy) is 1. The van der Waals surface area contributed by atoms with E-state index in [4.69, 9.17) is 51.8 Å². The first-order chi connectivity index (χ1) is 15.0. The summed E-state index contributed by atoms with van der Waals surface area (Å²) in [6, 6.07) is 14.6. The minimum absolute atomic E-state index is 0.332. The lowest BCUT2D eigenvalue weighted by molar-refractivity contribution is 0.303. The number of H-pyrrole nitrogens is 1. The lowest BCUT2D eigenvalue weighted by Crippen LogP contribution is -2.16. The molecule has 0 aliphatic carbocycles. The molecule has 0 aliphatic rings. The van der Waals surface area contributed by atoms with Crippen molar-refractivity contribution in [2.24, 2.45) is 0 Å². The summed E-state index contributed by atoms with van der Waals surface area (Å²) in [6.45, 7) is 0.738. The zero-order chi connectivity index (χ0) is 21.8. The van der Waals surface area contributed by atoms with E-state index >= 15 is 0 Å². The molecule has 0 bridgehead atoms. The van der Waals surface area contributed by atoms with Gasteiger partial charge in [-0.15, -0.1) is 0 Å². The second-order valence-electron chi connectivity index (χ2n) is 6.55. The Hall–Kier alpha value is -2.58. The molecule has 4 aromatic rings. The summed E-state index contributed by atoms with van der Waals surface area (Å²) in [7, 11) is 0. The predicted octanol–water partition coefficient (Wildman–Crippen LogP) is 6.29. The maximum atomic E-state index is 6.22. The van der Waals surface area contributed by atoms with Crippen LogP contribution in [0.3, 0.4) is 0 Å². The van der Waals surface area contributed by atoms with E-state index in [1.807, 2.05) is 30.3 Å². The predicted molar refractivity (Wildman–Crippen MR) is 126 cm³/mol. The van der Waals surface area contributed by atoms with Gasteiger partial charge in [-0.3, -0.25) is 4.98 Å². The number of rotatable bonds is 7. The van der Waals surface area contributed by atoms with Gasteiger partial charge in [0.05, 0.1) is 16.6 Å². The molecular weight excluding hydrogens is 477 g/mol. The SMILES string of the molecule is S=c1[nH]nc(-c2ccncc2)n1NCc1cc(Cl)ccc1OCc1ccc(Cl)c(Cl)c1. The van der Waals surface area contributed by atoms with Crippen LogP contribution in [0.25, 0.3) is 11.4 Å². The summed E-state index contributed by atoms with van der Waals surface area (Å²) in [5.74, 6) is 1.33. The van der Waals surface area contributed by atoms with Crippen LogP contribution in [0.4, 0.5) is 0 Å². The molecule has 4 rings (SSSR count). The minimum atomic E-state index is 0.332. The molecule has 6 nitrogen and oxygen atoms in total. The Morgan fingerprint density at radius 1 is 1.00 bits per heavy atom.